The van der Waals surface area contributed by atoms with Crippen molar-refractivity contribution in [3.8, 4) is 5.75 Å². The molecule has 0 unspecified atom stereocenters. The van der Waals surface area contributed by atoms with E-state index >= 15 is 0 Å². The summed E-state index contributed by atoms with van der Waals surface area (Å²) in [7, 11) is -2.46. The molecule has 0 aromatic heterocycles. The van der Waals surface area contributed by atoms with Gasteiger partial charge in [-0.1, -0.05) is 32.0 Å². The number of ether oxygens (including phenoxy) is 1. The zero-order chi connectivity index (χ0) is 27.6. The number of hydrogen-bond donors (Lipinski definition) is 2. The summed E-state index contributed by atoms with van der Waals surface area (Å²) in [6.45, 7) is 5.51. The molecule has 3 aromatic carbocycles. The Hall–Kier alpha value is -4.18. The molecule has 10 heteroatoms. The van der Waals surface area contributed by atoms with Gasteiger partial charge in [0.05, 0.1) is 23.1 Å². The summed E-state index contributed by atoms with van der Waals surface area (Å²) in [5.41, 5.74) is 1.74. The summed E-state index contributed by atoms with van der Waals surface area (Å²) in [5.74, 6) is -1.04. The van der Waals surface area contributed by atoms with Gasteiger partial charge < -0.3 is 10.1 Å². The number of benzene rings is 3. The highest BCUT2D eigenvalue weighted by Gasteiger charge is 2.42. The summed E-state index contributed by atoms with van der Waals surface area (Å²) in [4.78, 5) is 40.6. The van der Waals surface area contributed by atoms with E-state index < -0.39 is 33.8 Å². The van der Waals surface area contributed by atoms with Crippen LogP contribution >= 0.6 is 0 Å². The number of rotatable bonds is 9. The maximum Gasteiger partial charge on any atom is 0.262 e. The number of sulfonamides is 1. The van der Waals surface area contributed by atoms with Gasteiger partial charge in [0.2, 0.25) is 5.91 Å². The molecule has 198 valence electrons. The zero-order valence-corrected chi connectivity index (χ0v) is 22.3. The van der Waals surface area contributed by atoms with Crippen LogP contribution in [0.2, 0.25) is 0 Å². The SMILES string of the molecule is COc1ccc(NS(=O)(=O)c2ccc(C)c(NC(=O)[C@@H](CC(C)C)N3C(=O)c4ccccc4C3=O)c2)cc1. The van der Waals surface area contributed by atoms with Crippen molar-refractivity contribution in [2.24, 2.45) is 5.92 Å². The maximum atomic E-state index is 13.5. The summed E-state index contributed by atoms with van der Waals surface area (Å²) in [6.07, 6.45) is 0.243. The Morgan fingerprint density at radius 2 is 1.55 bits per heavy atom. The monoisotopic (exact) mass is 535 g/mol. The van der Waals surface area contributed by atoms with E-state index in [4.69, 9.17) is 4.74 Å². The van der Waals surface area contributed by atoms with Gasteiger partial charge in [-0.15, -0.1) is 0 Å². The van der Waals surface area contributed by atoms with Crippen molar-refractivity contribution in [2.45, 2.75) is 38.1 Å². The van der Waals surface area contributed by atoms with Gasteiger partial charge in [0.15, 0.2) is 0 Å². The Bertz CT molecular complexity index is 1460. The second-order valence-corrected chi connectivity index (χ2v) is 11.2. The van der Waals surface area contributed by atoms with Crippen molar-refractivity contribution in [3.63, 3.8) is 0 Å². The lowest BCUT2D eigenvalue weighted by Gasteiger charge is -2.27. The highest BCUT2D eigenvalue weighted by molar-refractivity contribution is 7.92. The third-order valence-electron chi connectivity index (χ3n) is 6.25. The minimum atomic E-state index is -3.98. The number of fused-ring (bicyclic) bond motifs is 1. The minimum Gasteiger partial charge on any atom is -0.497 e. The average molecular weight is 536 g/mol. The summed E-state index contributed by atoms with van der Waals surface area (Å²) >= 11 is 0. The number of anilines is 2. The largest absolute Gasteiger partial charge is 0.497 e. The van der Waals surface area contributed by atoms with E-state index in [-0.39, 0.29) is 34.0 Å². The van der Waals surface area contributed by atoms with Crippen molar-refractivity contribution in [1.82, 2.24) is 4.90 Å². The average Bonchev–Trinajstić information content (AvgIpc) is 3.13. The number of carbonyl (C=O) groups excluding carboxylic acids is 3. The molecule has 3 amide bonds. The molecule has 9 nitrogen and oxygen atoms in total. The van der Waals surface area contributed by atoms with Crippen LogP contribution in [0.4, 0.5) is 11.4 Å². The number of nitrogens with one attached hydrogen (secondary N) is 2. The molecule has 0 fully saturated rings. The highest BCUT2D eigenvalue weighted by Crippen LogP contribution is 2.29. The molecule has 0 radical (unpaired) electrons. The lowest BCUT2D eigenvalue weighted by Crippen LogP contribution is -2.48. The Balaban J connectivity index is 1.60. The van der Waals surface area contributed by atoms with Crippen LogP contribution in [0, 0.1) is 12.8 Å². The van der Waals surface area contributed by atoms with Crippen LogP contribution in [0.3, 0.4) is 0 Å². The number of nitrogens with zero attached hydrogens (tertiary/aromatic N) is 1. The van der Waals surface area contributed by atoms with Gasteiger partial charge in [0, 0.05) is 11.4 Å². The lowest BCUT2D eigenvalue weighted by atomic mass is 10.0. The van der Waals surface area contributed by atoms with E-state index in [1.165, 1.54) is 19.2 Å². The van der Waals surface area contributed by atoms with Crippen molar-refractivity contribution < 1.29 is 27.5 Å². The maximum absolute atomic E-state index is 13.5. The van der Waals surface area contributed by atoms with Crippen molar-refractivity contribution >= 4 is 39.1 Å². The molecular formula is C28H29N3O6S. The van der Waals surface area contributed by atoms with Crippen LogP contribution < -0.4 is 14.8 Å². The first-order valence-corrected chi connectivity index (χ1v) is 13.6. The number of amides is 3. The van der Waals surface area contributed by atoms with E-state index in [1.807, 2.05) is 13.8 Å². The smallest absolute Gasteiger partial charge is 0.262 e. The second-order valence-electron chi connectivity index (χ2n) is 9.47. The molecule has 0 bridgehead atoms. The van der Waals surface area contributed by atoms with Crippen LogP contribution in [0.1, 0.15) is 46.5 Å². The summed E-state index contributed by atoms with van der Waals surface area (Å²) in [6, 6.07) is 16.2. The van der Waals surface area contributed by atoms with Crippen LogP contribution in [0.15, 0.2) is 71.6 Å². The predicted molar refractivity (Wildman–Crippen MR) is 144 cm³/mol. The Kier molecular flexibility index (Phi) is 7.54. The molecule has 3 aromatic rings. The lowest BCUT2D eigenvalue weighted by molar-refractivity contribution is -0.120. The fourth-order valence-electron chi connectivity index (χ4n) is 4.26. The van der Waals surface area contributed by atoms with E-state index in [9.17, 15) is 22.8 Å². The molecule has 0 aliphatic carbocycles. The quantitative estimate of drug-likeness (QED) is 0.390. The van der Waals surface area contributed by atoms with Crippen LogP contribution in [-0.4, -0.2) is 44.2 Å². The molecule has 1 heterocycles. The molecule has 1 aliphatic heterocycles. The van der Waals surface area contributed by atoms with Gasteiger partial charge in [-0.3, -0.25) is 24.0 Å². The van der Waals surface area contributed by atoms with Crippen LogP contribution in [0.25, 0.3) is 0 Å². The first-order chi connectivity index (χ1) is 18.0. The second kappa shape index (κ2) is 10.7. The number of aryl methyl sites for hydroxylation is 1. The molecule has 0 saturated carbocycles. The zero-order valence-electron chi connectivity index (χ0n) is 21.5. The molecule has 1 aliphatic rings. The molecule has 2 N–H and O–H groups in total. The van der Waals surface area contributed by atoms with Gasteiger partial charge in [-0.25, -0.2) is 8.42 Å². The van der Waals surface area contributed by atoms with Crippen LogP contribution in [0.5, 0.6) is 5.75 Å². The normalized spacial score (nSPS) is 13.9. The van der Waals surface area contributed by atoms with E-state index in [1.54, 1.807) is 61.5 Å². The summed E-state index contributed by atoms with van der Waals surface area (Å²) in [5, 5.41) is 2.76. The Morgan fingerprint density at radius 1 is 0.947 bits per heavy atom. The van der Waals surface area contributed by atoms with Gasteiger partial charge in [-0.2, -0.15) is 0 Å². The van der Waals surface area contributed by atoms with Crippen LogP contribution in [-0.2, 0) is 14.8 Å². The molecule has 0 spiro atoms. The van der Waals surface area contributed by atoms with Gasteiger partial charge >= 0.3 is 0 Å². The van der Waals surface area contributed by atoms with Gasteiger partial charge in [0.25, 0.3) is 21.8 Å². The van der Waals surface area contributed by atoms with Gasteiger partial charge in [-0.05, 0) is 73.4 Å². The summed E-state index contributed by atoms with van der Waals surface area (Å²) < 4.78 is 33.7. The Labute approximate surface area is 221 Å². The van der Waals surface area contributed by atoms with Gasteiger partial charge in [0.1, 0.15) is 11.8 Å². The molecule has 0 saturated heterocycles. The van der Waals surface area contributed by atoms with Crippen molar-refractivity contribution in [1.29, 1.82) is 0 Å². The van der Waals surface area contributed by atoms with E-state index in [0.717, 1.165) is 4.90 Å². The topological polar surface area (TPSA) is 122 Å². The molecular weight excluding hydrogens is 506 g/mol. The number of carbonyl (C=O) groups is 3. The Morgan fingerprint density at radius 3 is 2.11 bits per heavy atom. The third-order valence-corrected chi connectivity index (χ3v) is 7.63. The van der Waals surface area contributed by atoms with E-state index in [2.05, 4.69) is 10.0 Å². The predicted octanol–water partition coefficient (Wildman–Crippen LogP) is 4.45. The highest BCUT2D eigenvalue weighted by atomic mass is 32.2. The number of imide groups is 1. The minimum absolute atomic E-state index is 0.00318. The fourth-order valence-corrected chi connectivity index (χ4v) is 5.34. The third kappa shape index (κ3) is 5.40. The molecule has 38 heavy (non-hydrogen) atoms. The number of methoxy groups -OCH3 is 1. The molecule has 1 atom stereocenters. The standard InChI is InChI=1S/C28H29N3O6S/c1-17(2)15-25(31-27(33)22-7-5-6-8-23(22)28(31)34)26(32)29-24-16-21(14-9-18(24)3)38(35,36)30-19-10-12-20(37-4)13-11-19/h5-14,16-17,25,30H,15H2,1-4H3,(H,29,32)/t25-/m1/s1. The van der Waals surface area contributed by atoms with Crippen molar-refractivity contribution in [3.05, 3.63) is 83.4 Å². The first kappa shape index (κ1) is 26.9. The number of hydrogen-bond acceptors (Lipinski definition) is 6. The molecule has 4 rings (SSSR count). The van der Waals surface area contributed by atoms with Crippen molar-refractivity contribution in [2.75, 3.05) is 17.1 Å². The fraction of sp³-hybridized carbons (Fsp3) is 0.250. The van der Waals surface area contributed by atoms with E-state index in [0.29, 0.717) is 17.0 Å². The first-order valence-electron chi connectivity index (χ1n) is 12.1.